The molecule has 1 aromatic heterocycles. The van der Waals surface area contributed by atoms with E-state index in [1.165, 1.54) is 12.1 Å². The van der Waals surface area contributed by atoms with Crippen LogP contribution in [0.3, 0.4) is 0 Å². The average molecular weight is 258 g/mol. The number of hydrogen-bond acceptors (Lipinski definition) is 4. The van der Waals surface area contributed by atoms with Crippen molar-refractivity contribution in [3.05, 3.63) is 51.4 Å². The summed E-state index contributed by atoms with van der Waals surface area (Å²) >= 11 is 0. The van der Waals surface area contributed by atoms with Gasteiger partial charge in [-0.2, -0.15) is 0 Å². The van der Waals surface area contributed by atoms with Gasteiger partial charge in [0.15, 0.2) is 6.29 Å². The summed E-state index contributed by atoms with van der Waals surface area (Å²) in [6, 6.07) is 4.30. The summed E-state index contributed by atoms with van der Waals surface area (Å²) < 4.78 is 5.06. The van der Waals surface area contributed by atoms with E-state index in [1.54, 1.807) is 6.07 Å². The van der Waals surface area contributed by atoms with Crippen LogP contribution in [0.25, 0.3) is 11.0 Å². The van der Waals surface area contributed by atoms with E-state index in [4.69, 9.17) is 4.42 Å². The molecular weight excluding hydrogens is 244 g/mol. The third-order valence-corrected chi connectivity index (χ3v) is 2.86. The predicted molar refractivity (Wildman–Crippen MR) is 72.7 cm³/mol. The maximum atomic E-state index is 11.2. The molecule has 1 heterocycles. The Balaban J connectivity index is 2.72. The first-order chi connectivity index (χ1) is 9.02. The average Bonchev–Trinajstić information content (AvgIpc) is 2.36. The molecule has 4 nitrogen and oxygen atoms in total. The maximum absolute atomic E-state index is 11.2. The van der Waals surface area contributed by atoms with E-state index in [1.807, 2.05) is 19.9 Å². The van der Waals surface area contributed by atoms with Gasteiger partial charge in [0.2, 0.25) is 0 Å². The van der Waals surface area contributed by atoms with Crippen molar-refractivity contribution in [1.82, 2.24) is 0 Å². The van der Waals surface area contributed by atoms with E-state index in [-0.39, 0.29) is 11.3 Å². The zero-order valence-corrected chi connectivity index (χ0v) is 10.8. The first-order valence-corrected chi connectivity index (χ1v) is 5.90. The van der Waals surface area contributed by atoms with Crippen LogP contribution in [0.5, 0.6) is 5.75 Å². The minimum atomic E-state index is -0.483. The van der Waals surface area contributed by atoms with Gasteiger partial charge in [0.05, 0.1) is 5.56 Å². The van der Waals surface area contributed by atoms with Gasteiger partial charge in [-0.25, -0.2) is 4.79 Å². The number of benzene rings is 1. The smallest absolute Gasteiger partial charge is 0.336 e. The van der Waals surface area contributed by atoms with E-state index in [0.717, 1.165) is 5.57 Å². The lowest BCUT2D eigenvalue weighted by molar-refractivity contribution is 0.112. The Morgan fingerprint density at radius 1 is 1.37 bits per heavy atom. The molecule has 0 atom stereocenters. The highest BCUT2D eigenvalue weighted by Crippen LogP contribution is 2.30. The number of phenolic OH excluding ortho intramolecular Hbond substituents is 1. The Morgan fingerprint density at radius 2 is 2.11 bits per heavy atom. The zero-order valence-electron chi connectivity index (χ0n) is 10.8. The first-order valence-electron chi connectivity index (χ1n) is 5.90. The van der Waals surface area contributed by atoms with Gasteiger partial charge >= 0.3 is 5.63 Å². The second-order valence-electron chi connectivity index (χ2n) is 4.57. The van der Waals surface area contributed by atoms with Crippen LogP contribution in [0.15, 0.2) is 39.1 Å². The number of hydrogen-bond donors (Lipinski definition) is 1. The summed E-state index contributed by atoms with van der Waals surface area (Å²) in [4.78, 5) is 22.3. The fraction of sp³-hybridized carbons (Fsp3) is 0.200. The third-order valence-electron chi connectivity index (χ3n) is 2.86. The van der Waals surface area contributed by atoms with Crippen molar-refractivity contribution < 1.29 is 14.3 Å². The molecule has 0 aliphatic rings. The van der Waals surface area contributed by atoms with Gasteiger partial charge in [-0.3, -0.25) is 4.79 Å². The van der Waals surface area contributed by atoms with E-state index in [9.17, 15) is 14.7 Å². The monoisotopic (exact) mass is 258 g/mol. The molecule has 0 fully saturated rings. The van der Waals surface area contributed by atoms with Crippen LogP contribution in [0.1, 0.15) is 29.8 Å². The molecule has 2 aromatic rings. The summed E-state index contributed by atoms with van der Waals surface area (Å²) in [6.07, 6.45) is 2.98. The highest BCUT2D eigenvalue weighted by atomic mass is 16.4. The van der Waals surface area contributed by atoms with Crippen molar-refractivity contribution in [2.45, 2.75) is 20.3 Å². The number of phenols is 1. The van der Waals surface area contributed by atoms with Gasteiger partial charge in [0.1, 0.15) is 11.3 Å². The lowest BCUT2D eigenvalue weighted by atomic mass is 10.0. The molecule has 98 valence electrons. The molecule has 2 rings (SSSR count). The molecule has 0 saturated heterocycles. The second-order valence-corrected chi connectivity index (χ2v) is 4.57. The molecule has 0 unspecified atom stereocenters. The summed E-state index contributed by atoms with van der Waals surface area (Å²) in [5, 5.41) is 10.5. The standard InChI is InChI=1S/C15H14O4/c1-9(2)3-4-10-7-13-11(5-6-14(17)19-13)12(8-16)15(10)18/h3,5-8,18H,4H2,1-2H3. The Morgan fingerprint density at radius 3 is 2.74 bits per heavy atom. The van der Waals surface area contributed by atoms with Gasteiger partial charge in [0.25, 0.3) is 0 Å². The normalized spacial score (nSPS) is 10.4. The third kappa shape index (κ3) is 2.57. The number of rotatable bonds is 3. The summed E-state index contributed by atoms with van der Waals surface area (Å²) in [7, 11) is 0. The fourth-order valence-corrected chi connectivity index (χ4v) is 1.88. The summed E-state index contributed by atoms with van der Waals surface area (Å²) in [6.45, 7) is 3.89. The summed E-state index contributed by atoms with van der Waals surface area (Å²) in [5.74, 6) is -0.0613. The number of aldehydes is 1. The zero-order chi connectivity index (χ0) is 14.0. The van der Waals surface area contributed by atoms with E-state index in [2.05, 4.69) is 0 Å². The molecule has 0 aliphatic carbocycles. The number of carbonyl (C=O) groups is 1. The van der Waals surface area contributed by atoms with E-state index >= 15 is 0 Å². The maximum Gasteiger partial charge on any atom is 0.336 e. The SMILES string of the molecule is CC(C)=CCc1cc2oc(=O)ccc2c(C=O)c1O. The number of allylic oxidation sites excluding steroid dienone is 2. The Bertz CT molecular complexity index is 719. The minimum Gasteiger partial charge on any atom is -0.507 e. The molecule has 1 N–H and O–H groups in total. The van der Waals surface area contributed by atoms with E-state index in [0.29, 0.717) is 29.2 Å². The molecule has 0 radical (unpaired) electrons. The molecule has 19 heavy (non-hydrogen) atoms. The molecule has 0 aliphatic heterocycles. The van der Waals surface area contributed by atoms with Gasteiger partial charge in [-0.05, 0) is 32.4 Å². The molecule has 0 amide bonds. The summed E-state index contributed by atoms with van der Waals surface area (Å²) in [5.41, 5.74) is 1.64. The minimum absolute atomic E-state index is 0.0613. The van der Waals surface area contributed by atoms with Gasteiger partial charge < -0.3 is 9.52 Å². The molecule has 1 aromatic carbocycles. The largest absolute Gasteiger partial charge is 0.507 e. The van der Waals surface area contributed by atoms with Crippen molar-refractivity contribution in [1.29, 1.82) is 0 Å². The molecule has 0 saturated carbocycles. The second kappa shape index (κ2) is 5.10. The molecule has 0 bridgehead atoms. The highest BCUT2D eigenvalue weighted by Gasteiger charge is 2.13. The van der Waals surface area contributed by atoms with Gasteiger partial charge in [-0.1, -0.05) is 11.6 Å². The highest BCUT2D eigenvalue weighted by molar-refractivity contribution is 5.99. The van der Waals surface area contributed by atoms with Crippen LogP contribution < -0.4 is 5.63 Å². The lowest BCUT2D eigenvalue weighted by Crippen LogP contribution is -1.98. The lowest BCUT2D eigenvalue weighted by Gasteiger charge is -2.08. The number of fused-ring (bicyclic) bond motifs is 1. The van der Waals surface area contributed by atoms with E-state index < -0.39 is 5.63 Å². The Labute approximate surface area is 110 Å². The van der Waals surface area contributed by atoms with Crippen molar-refractivity contribution in [3.63, 3.8) is 0 Å². The van der Waals surface area contributed by atoms with Crippen LogP contribution in [0.2, 0.25) is 0 Å². The predicted octanol–water partition coefficient (Wildman–Crippen LogP) is 2.82. The number of carbonyl (C=O) groups excluding carboxylic acids is 1. The van der Waals surface area contributed by atoms with Crippen molar-refractivity contribution >= 4 is 17.3 Å². The number of aromatic hydroxyl groups is 1. The molecular formula is C15H14O4. The van der Waals surface area contributed by atoms with Crippen LogP contribution in [-0.2, 0) is 6.42 Å². The van der Waals surface area contributed by atoms with Crippen LogP contribution in [0.4, 0.5) is 0 Å². The topological polar surface area (TPSA) is 67.5 Å². The van der Waals surface area contributed by atoms with Gasteiger partial charge in [0, 0.05) is 17.0 Å². The quantitative estimate of drug-likeness (QED) is 0.522. The van der Waals surface area contributed by atoms with Crippen LogP contribution in [-0.4, -0.2) is 11.4 Å². The Hall–Kier alpha value is -2.36. The van der Waals surface area contributed by atoms with Crippen molar-refractivity contribution in [2.24, 2.45) is 0 Å². The van der Waals surface area contributed by atoms with Crippen LogP contribution in [0, 0.1) is 0 Å². The molecule has 4 heteroatoms. The van der Waals surface area contributed by atoms with Crippen LogP contribution >= 0.6 is 0 Å². The molecule has 0 spiro atoms. The first kappa shape index (κ1) is 13.1. The van der Waals surface area contributed by atoms with Crippen molar-refractivity contribution in [3.8, 4) is 5.75 Å². The van der Waals surface area contributed by atoms with Crippen molar-refractivity contribution in [2.75, 3.05) is 0 Å². The van der Waals surface area contributed by atoms with Gasteiger partial charge in [-0.15, -0.1) is 0 Å². The fourth-order valence-electron chi connectivity index (χ4n) is 1.88. The Kier molecular flexibility index (Phi) is 3.51.